The van der Waals surface area contributed by atoms with Gasteiger partial charge in [-0.25, -0.2) is 9.59 Å². The Morgan fingerprint density at radius 3 is 2.57 bits per heavy atom. The minimum atomic E-state index is -1.92. The first-order chi connectivity index (χ1) is 6.53. The molecule has 1 atom stereocenters. The van der Waals surface area contributed by atoms with Crippen molar-refractivity contribution in [1.82, 2.24) is 5.32 Å². The van der Waals surface area contributed by atoms with Crippen LogP contribution in [0.15, 0.2) is 0 Å². The van der Waals surface area contributed by atoms with Crippen LogP contribution in [0.1, 0.15) is 6.42 Å². The molecule has 0 radical (unpaired) electrons. The number of esters is 1. The molecule has 1 unspecified atom stereocenters. The summed E-state index contributed by atoms with van der Waals surface area (Å²) >= 11 is 0. The summed E-state index contributed by atoms with van der Waals surface area (Å²) in [6, 6.07) is 0. The molecule has 0 aromatic carbocycles. The highest BCUT2D eigenvalue weighted by Gasteiger charge is 2.57. The highest BCUT2D eigenvalue weighted by Crippen LogP contribution is 2.22. The third-order valence-corrected chi connectivity index (χ3v) is 1.80. The Kier molecular flexibility index (Phi) is 2.70. The van der Waals surface area contributed by atoms with Gasteiger partial charge in [0.25, 0.3) is 0 Å². The molecule has 78 valence electrons. The van der Waals surface area contributed by atoms with Gasteiger partial charge in [-0.2, -0.15) is 0 Å². The first-order valence-electron chi connectivity index (χ1n) is 3.73. The molecule has 7 nitrogen and oxygen atoms in total. The molecule has 7 heteroatoms. The van der Waals surface area contributed by atoms with Gasteiger partial charge in [0.1, 0.15) is 0 Å². The largest absolute Gasteiger partial charge is 0.479 e. The monoisotopic (exact) mass is 203 g/mol. The molecule has 0 aromatic heterocycles. The van der Waals surface area contributed by atoms with Crippen molar-refractivity contribution in [3.8, 4) is 0 Å². The predicted octanol–water partition coefficient (Wildman–Crippen LogP) is -1.52. The molecule has 1 aliphatic rings. The number of carboxylic acid groups (broad SMARTS) is 1. The number of ether oxygens (including phenoxy) is 2. The molecule has 1 aliphatic heterocycles. The average Bonchev–Trinajstić information content (AvgIpc) is 2.07. The van der Waals surface area contributed by atoms with Gasteiger partial charge in [0.05, 0.1) is 6.42 Å². The van der Waals surface area contributed by atoms with Gasteiger partial charge in [0.2, 0.25) is 11.4 Å². The van der Waals surface area contributed by atoms with E-state index in [9.17, 15) is 14.4 Å². The van der Waals surface area contributed by atoms with E-state index in [0.29, 0.717) is 0 Å². The fraction of sp³-hybridized carbons (Fsp3) is 0.571. The number of amides is 1. The maximum Gasteiger partial charge on any atom is 0.346 e. The van der Waals surface area contributed by atoms with Crippen molar-refractivity contribution in [2.45, 2.75) is 12.0 Å². The second-order valence-electron chi connectivity index (χ2n) is 2.77. The summed E-state index contributed by atoms with van der Waals surface area (Å²) in [5, 5.41) is 10.7. The molecule has 0 saturated carbocycles. The Labute approximate surface area is 79.0 Å². The lowest BCUT2D eigenvalue weighted by Gasteiger charge is -2.35. The molecule has 1 fully saturated rings. The van der Waals surface area contributed by atoms with Crippen LogP contribution in [0.5, 0.6) is 0 Å². The third-order valence-electron chi connectivity index (χ3n) is 1.80. The van der Waals surface area contributed by atoms with Crippen LogP contribution in [0.25, 0.3) is 0 Å². The summed E-state index contributed by atoms with van der Waals surface area (Å²) in [7, 11) is 1.29. The van der Waals surface area contributed by atoms with Gasteiger partial charge in [-0.3, -0.25) is 4.79 Å². The van der Waals surface area contributed by atoms with Crippen LogP contribution in [-0.4, -0.2) is 42.4 Å². The van der Waals surface area contributed by atoms with Crippen LogP contribution in [0.3, 0.4) is 0 Å². The number of carboxylic acids is 1. The standard InChI is InChI=1S/C7H9NO6/c1-13-3-14-6(12)7(5(10)11)2-4(9)8-7/h2-3H2,1H3,(H,8,9)(H,10,11). The maximum absolute atomic E-state index is 11.2. The first kappa shape index (κ1) is 10.5. The van der Waals surface area contributed by atoms with Crippen molar-refractivity contribution in [2.24, 2.45) is 0 Å². The lowest BCUT2D eigenvalue weighted by atomic mass is 9.87. The minimum absolute atomic E-state index is 0.344. The summed E-state index contributed by atoms with van der Waals surface area (Å²) in [5.41, 5.74) is -1.92. The molecule has 0 aliphatic carbocycles. The molecule has 1 amide bonds. The van der Waals surface area contributed by atoms with Crippen LogP contribution in [0, 0.1) is 0 Å². The van der Waals surface area contributed by atoms with E-state index in [2.05, 4.69) is 9.47 Å². The molecular formula is C7H9NO6. The molecule has 0 spiro atoms. The number of hydrogen-bond donors (Lipinski definition) is 2. The van der Waals surface area contributed by atoms with E-state index in [1.807, 2.05) is 5.32 Å². The topological polar surface area (TPSA) is 102 Å². The number of methoxy groups -OCH3 is 1. The third kappa shape index (κ3) is 1.53. The van der Waals surface area contributed by atoms with E-state index in [-0.39, 0.29) is 6.79 Å². The van der Waals surface area contributed by atoms with Crippen molar-refractivity contribution in [3.63, 3.8) is 0 Å². The Morgan fingerprint density at radius 1 is 1.64 bits per heavy atom. The van der Waals surface area contributed by atoms with Crippen molar-refractivity contribution in [2.75, 3.05) is 13.9 Å². The molecule has 0 bridgehead atoms. The second kappa shape index (κ2) is 3.62. The Bertz CT molecular complexity index is 278. The number of nitrogens with one attached hydrogen (secondary N) is 1. The van der Waals surface area contributed by atoms with Gasteiger partial charge in [0.15, 0.2) is 6.79 Å². The fourth-order valence-electron chi connectivity index (χ4n) is 1.04. The Hall–Kier alpha value is -1.63. The molecule has 1 heterocycles. The fourth-order valence-corrected chi connectivity index (χ4v) is 1.04. The molecule has 0 aromatic rings. The second-order valence-corrected chi connectivity index (χ2v) is 2.77. The van der Waals surface area contributed by atoms with Gasteiger partial charge in [-0.1, -0.05) is 0 Å². The molecule has 1 rings (SSSR count). The zero-order valence-corrected chi connectivity index (χ0v) is 7.40. The van der Waals surface area contributed by atoms with E-state index >= 15 is 0 Å². The SMILES string of the molecule is COCOC(=O)C1(C(=O)O)CC(=O)N1. The van der Waals surface area contributed by atoms with Crippen LogP contribution in [0.4, 0.5) is 0 Å². The highest BCUT2D eigenvalue weighted by atomic mass is 16.7. The van der Waals surface area contributed by atoms with Gasteiger partial charge in [0, 0.05) is 7.11 Å². The van der Waals surface area contributed by atoms with Gasteiger partial charge in [-0.05, 0) is 0 Å². The van der Waals surface area contributed by atoms with E-state index in [1.165, 1.54) is 7.11 Å². The van der Waals surface area contributed by atoms with Crippen molar-refractivity contribution in [1.29, 1.82) is 0 Å². The lowest BCUT2D eigenvalue weighted by molar-refractivity contribution is -0.178. The van der Waals surface area contributed by atoms with Crippen molar-refractivity contribution < 1.29 is 29.0 Å². The van der Waals surface area contributed by atoms with E-state index < -0.39 is 29.8 Å². The summed E-state index contributed by atoms with van der Waals surface area (Å²) < 4.78 is 8.89. The number of aliphatic carboxylic acids is 1. The van der Waals surface area contributed by atoms with Crippen LogP contribution < -0.4 is 5.32 Å². The Balaban J connectivity index is 2.65. The lowest BCUT2D eigenvalue weighted by Crippen LogP contribution is -2.70. The van der Waals surface area contributed by atoms with E-state index in [4.69, 9.17) is 5.11 Å². The van der Waals surface area contributed by atoms with Crippen LogP contribution in [0.2, 0.25) is 0 Å². The normalized spacial score (nSPS) is 24.8. The zero-order chi connectivity index (χ0) is 10.8. The number of carbonyl (C=O) groups excluding carboxylic acids is 2. The number of carbonyl (C=O) groups is 3. The predicted molar refractivity (Wildman–Crippen MR) is 41.1 cm³/mol. The summed E-state index contributed by atoms with van der Waals surface area (Å²) in [6.07, 6.45) is -0.398. The van der Waals surface area contributed by atoms with Gasteiger partial charge >= 0.3 is 11.9 Å². The van der Waals surface area contributed by atoms with E-state index in [1.54, 1.807) is 0 Å². The first-order valence-corrected chi connectivity index (χ1v) is 3.73. The smallest absolute Gasteiger partial charge is 0.346 e. The molecule has 1 saturated heterocycles. The molecule has 2 N–H and O–H groups in total. The maximum atomic E-state index is 11.2. The highest BCUT2D eigenvalue weighted by molar-refractivity contribution is 6.14. The average molecular weight is 203 g/mol. The van der Waals surface area contributed by atoms with Gasteiger partial charge < -0.3 is 19.9 Å². The van der Waals surface area contributed by atoms with Gasteiger partial charge in [-0.15, -0.1) is 0 Å². The van der Waals surface area contributed by atoms with Crippen LogP contribution in [-0.2, 0) is 23.9 Å². The number of hydrogen-bond acceptors (Lipinski definition) is 5. The van der Waals surface area contributed by atoms with Crippen LogP contribution >= 0.6 is 0 Å². The summed E-state index contributed by atoms with van der Waals surface area (Å²) in [4.78, 5) is 32.5. The minimum Gasteiger partial charge on any atom is -0.479 e. The summed E-state index contributed by atoms with van der Waals surface area (Å²) in [6.45, 7) is -0.344. The Morgan fingerprint density at radius 2 is 2.21 bits per heavy atom. The van der Waals surface area contributed by atoms with Crippen molar-refractivity contribution in [3.05, 3.63) is 0 Å². The quantitative estimate of drug-likeness (QED) is 0.249. The summed E-state index contributed by atoms with van der Waals surface area (Å²) in [5.74, 6) is -2.95. The molecule has 14 heavy (non-hydrogen) atoms. The zero-order valence-electron chi connectivity index (χ0n) is 7.40. The van der Waals surface area contributed by atoms with E-state index in [0.717, 1.165) is 0 Å². The molecular weight excluding hydrogens is 194 g/mol. The number of rotatable bonds is 4. The number of β-lactam (4-membered cyclic amide) rings is 1. The van der Waals surface area contributed by atoms with Crippen molar-refractivity contribution >= 4 is 17.8 Å².